The van der Waals surface area contributed by atoms with Gasteiger partial charge in [0.15, 0.2) is 6.10 Å². The fraction of sp³-hybridized carbons (Fsp3) is 0.409. The number of benzene rings is 2. The van der Waals surface area contributed by atoms with Gasteiger partial charge < -0.3 is 10.1 Å². The minimum Gasteiger partial charge on any atom is -0.481 e. The molecule has 0 aliphatic rings. The second kappa shape index (κ2) is 8.19. The van der Waals surface area contributed by atoms with E-state index in [0.29, 0.717) is 11.8 Å². The lowest BCUT2D eigenvalue weighted by atomic mass is 9.92. The third-order valence-corrected chi connectivity index (χ3v) is 4.39. The summed E-state index contributed by atoms with van der Waals surface area (Å²) in [6, 6.07) is 14.0. The van der Waals surface area contributed by atoms with Crippen molar-refractivity contribution in [2.24, 2.45) is 0 Å². The van der Waals surface area contributed by atoms with Crippen LogP contribution in [0.15, 0.2) is 42.5 Å². The first-order valence-corrected chi connectivity index (χ1v) is 8.97. The molecule has 0 saturated heterocycles. The zero-order chi connectivity index (χ0) is 18.6. The number of carbonyl (C=O) groups excluding carboxylic acids is 1. The van der Waals surface area contributed by atoms with E-state index in [1.165, 1.54) is 0 Å². The van der Waals surface area contributed by atoms with Crippen molar-refractivity contribution in [3.05, 3.63) is 59.2 Å². The van der Waals surface area contributed by atoms with Crippen molar-refractivity contribution >= 4 is 11.6 Å². The minimum atomic E-state index is -0.568. The molecule has 0 saturated carbocycles. The number of hydrogen-bond acceptors (Lipinski definition) is 2. The number of amides is 1. The molecule has 0 aliphatic carbocycles. The lowest BCUT2D eigenvalue weighted by molar-refractivity contribution is -0.122. The third-order valence-electron chi connectivity index (χ3n) is 4.39. The number of ether oxygens (including phenoxy) is 1. The van der Waals surface area contributed by atoms with Gasteiger partial charge in [0, 0.05) is 5.69 Å². The largest absolute Gasteiger partial charge is 0.481 e. The van der Waals surface area contributed by atoms with Crippen molar-refractivity contribution in [3.63, 3.8) is 0 Å². The van der Waals surface area contributed by atoms with Gasteiger partial charge >= 0.3 is 0 Å². The minimum absolute atomic E-state index is 0.127. The summed E-state index contributed by atoms with van der Waals surface area (Å²) in [6.45, 7) is 12.3. The standard InChI is InChI=1S/C22H29NO2/c1-14(2)18-11-9-12-19(15(3)4)21(18)23-22(24)17(6)25-20-13-8-7-10-16(20)5/h7-15,17H,1-6H3,(H,23,24)/t17-/m1/s1. The molecule has 1 atom stereocenters. The van der Waals surface area contributed by atoms with Crippen LogP contribution >= 0.6 is 0 Å². The molecule has 0 fully saturated rings. The fourth-order valence-electron chi connectivity index (χ4n) is 2.85. The Balaban J connectivity index is 2.23. The number of anilines is 1. The van der Waals surface area contributed by atoms with Gasteiger partial charge in [-0.25, -0.2) is 0 Å². The first kappa shape index (κ1) is 19.0. The summed E-state index contributed by atoms with van der Waals surface area (Å²) in [5.74, 6) is 1.29. The molecule has 0 aromatic heterocycles. The second-order valence-electron chi connectivity index (χ2n) is 7.14. The van der Waals surface area contributed by atoms with Crippen molar-refractivity contribution < 1.29 is 9.53 Å². The van der Waals surface area contributed by atoms with E-state index in [2.05, 4.69) is 51.2 Å². The Labute approximate surface area is 151 Å². The number of rotatable bonds is 6. The average molecular weight is 339 g/mol. The Morgan fingerprint density at radius 3 is 1.96 bits per heavy atom. The summed E-state index contributed by atoms with van der Waals surface area (Å²) < 4.78 is 5.87. The molecule has 1 amide bonds. The Kier molecular flexibility index (Phi) is 6.24. The van der Waals surface area contributed by atoms with Crippen LogP contribution in [0.2, 0.25) is 0 Å². The molecule has 0 aliphatic heterocycles. The molecule has 3 nitrogen and oxygen atoms in total. The maximum atomic E-state index is 12.7. The highest BCUT2D eigenvalue weighted by molar-refractivity contribution is 5.95. The van der Waals surface area contributed by atoms with Gasteiger partial charge in [-0.15, -0.1) is 0 Å². The summed E-state index contributed by atoms with van der Waals surface area (Å²) >= 11 is 0. The zero-order valence-electron chi connectivity index (χ0n) is 16.1. The monoisotopic (exact) mass is 339 g/mol. The predicted molar refractivity (Wildman–Crippen MR) is 105 cm³/mol. The van der Waals surface area contributed by atoms with Crippen molar-refractivity contribution in [2.75, 3.05) is 5.32 Å². The predicted octanol–water partition coefficient (Wildman–Crippen LogP) is 5.65. The SMILES string of the molecule is Cc1ccccc1O[C@H](C)C(=O)Nc1c(C(C)C)cccc1C(C)C. The van der Waals surface area contributed by atoms with Crippen LogP contribution in [0.1, 0.15) is 63.1 Å². The normalized spacial score (nSPS) is 12.3. The van der Waals surface area contributed by atoms with Gasteiger partial charge in [-0.05, 0) is 48.4 Å². The smallest absolute Gasteiger partial charge is 0.265 e. The van der Waals surface area contributed by atoms with Crippen molar-refractivity contribution in [1.29, 1.82) is 0 Å². The lowest BCUT2D eigenvalue weighted by Gasteiger charge is -2.22. The van der Waals surface area contributed by atoms with E-state index in [0.717, 1.165) is 28.1 Å². The molecule has 134 valence electrons. The third kappa shape index (κ3) is 4.62. The Hall–Kier alpha value is -2.29. The zero-order valence-corrected chi connectivity index (χ0v) is 16.1. The van der Waals surface area contributed by atoms with Gasteiger partial charge in [-0.3, -0.25) is 4.79 Å². The summed E-state index contributed by atoms with van der Waals surface area (Å²) in [6.07, 6.45) is -0.568. The number of nitrogens with one attached hydrogen (secondary N) is 1. The Morgan fingerprint density at radius 1 is 0.880 bits per heavy atom. The molecular weight excluding hydrogens is 310 g/mol. The van der Waals surface area contributed by atoms with Gasteiger partial charge in [0.1, 0.15) is 5.75 Å². The van der Waals surface area contributed by atoms with Crippen LogP contribution in [0.25, 0.3) is 0 Å². The maximum Gasteiger partial charge on any atom is 0.265 e. The molecule has 1 N–H and O–H groups in total. The number of aryl methyl sites for hydroxylation is 1. The van der Waals surface area contributed by atoms with E-state index in [9.17, 15) is 4.79 Å². The van der Waals surface area contributed by atoms with Crippen LogP contribution in [0.3, 0.4) is 0 Å². The molecular formula is C22H29NO2. The topological polar surface area (TPSA) is 38.3 Å². The Morgan fingerprint density at radius 2 is 1.44 bits per heavy atom. The van der Waals surface area contributed by atoms with Crippen LogP contribution in [-0.4, -0.2) is 12.0 Å². The molecule has 2 rings (SSSR count). The molecule has 0 spiro atoms. The van der Waals surface area contributed by atoms with E-state index < -0.39 is 6.10 Å². The molecule has 0 heterocycles. The van der Waals surface area contributed by atoms with Crippen LogP contribution in [0, 0.1) is 6.92 Å². The summed E-state index contributed by atoms with van der Waals surface area (Å²) in [4.78, 5) is 12.7. The average Bonchev–Trinajstić information content (AvgIpc) is 2.56. The van der Waals surface area contributed by atoms with Gasteiger partial charge in [0.25, 0.3) is 5.91 Å². The molecule has 0 bridgehead atoms. The van der Waals surface area contributed by atoms with Gasteiger partial charge in [-0.1, -0.05) is 64.1 Å². The van der Waals surface area contributed by atoms with Crippen molar-refractivity contribution in [3.8, 4) is 5.75 Å². The van der Waals surface area contributed by atoms with E-state index in [1.54, 1.807) is 6.92 Å². The van der Waals surface area contributed by atoms with E-state index >= 15 is 0 Å². The molecule has 25 heavy (non-hydrogen) atoms. The maximum absolute atomic E-state index is 12.7. The summed E-state index contributed by atoms with van der Waals surface area (Å²) in [5, 5.41) is 3.12. The number of carbonyl (C=O) groups is 1. The molecule has 0 radical (unpaired) electrons. The molecule has 2 aromatic rings. The van der Waals surface area contributed by atoms with E-state index in [1.807, 2.05) is 31.2 Å². The summed E-state index contributed by atoms with van der Waals surface area (Å²) in [5.41, 5.74) is 4.26. The van der Waals surface area contributed by atoms with E-state index in [4.69, 9.17) is 4.74 Å². The van der Waals surface area contributed by atoms with Crippen LogP contribution in [0.4, 0.5) is 5.69 Å². The fourth-order valence-corrected chi connectivity index (χ4v) is 2.85. The van der Waals surface area contributed by atoms with Crippen LogP contribution < -0.4 is 10.1 Å². The van der Waals surface area contributed by atoms with Crippen LogP contribution in [0.5, 0.6) is 5.75 Å². The van der Waals surface area contributed by atoms with Crippen molar-refractivity contribution in [2.45, 2.75) is 59.5 Å². The van der Waals surface area contributed by atoms with Crippen molar-refractivity contribution in [1.82, 2.24) is 0 Å². The highest BCUT2D eigenvalue weighted by Gasteiger charge is 2.20. The summed E-state index contributed by atoms with van der Waals surface area (Å²) in [7, 11) is 0. The highest BCUT2D eigenvalue weighted by atomic mass is 16.5. The number of para-hydroxylation sites is 2. The van der Waals surface area contributed by atoms with E-state index in [-0.39, 0.29) is 5.91 Å². The molecule has 0 unspecified atom stereocenters. The second-order valence-corrected chi connectivity index (χ2v) is 7.14. The van der Waals surface area contributed by atoms with Gasteiger partial charge in [-0.2, -0.15) is 0 Å². The van der Waals surface area contributed by atoms with Gasteiger partial charge in [0.2, 0.25) is 0 Å². The molecule has 3 heteroatoms. The lowest BCUT2D eigenvalue weighted by Crippen LogP contribution is -2.31. The first-order valence-electron chi connectivity index (χ1n) is 8.97. The highest BCUT2D eigenvalue weighted by Crippen LogP contribution is 2.32. The Bertz CT molecular complexity index is 708. The first-order chi connectivity index (χ1) is 11.8. The number of hydrogen-bond donors (Lipinski definition) is 1. The quantitative estimate of drug-likeness (QED) is 0.739. The van der Waals surface area contributed by atoms with Gasteiger partial charge in [0.05, 0.1) is 0 Å². The van der Waals surface area contributed by atoms with Crippen LogP contribution in [-0.2, 0) is 4.79 Å². The molecule has 2 aromatic carbocycles.